The summed E-state index contributed by atoms with van der Waals surface area (Å²) in [6.45, 7) is 2.84. The van der Waals surface area contributed by atoms with Gasteiger partial charge in [0.05, 0.1) is 34.7 Å². The number of carbonyl (C=O) groups excluding carboxylic acids is 1. The quantitative estimate of drug-likeness (QED) is 0.263. The minimum Gasteiger partial charge on any atom is -0.465 e. The zero-order valence-corrected chi connectivity index (χ0v) is 19.8. The molecule has 0 radical (unpaired) electrons. The molecule has 1 fully saturated rings. The molecule has 2 atom stereocenters. The number of nitriles is 1. The van der Waals surface area contributed by atoms with Crippen molar-refractivity contribution in [2.75, 3.05) is 35.2 Å². The first-order valence-electron chi connectivity index (χ1n) is 10.9. The molecule has 2 amide bonds. The number of primary amides is 1. The van der Waals surface area contributed by atoms with Crippen LogP contribution in [-0.4, -0.2) is 73.6 Å². The zero-order chi connectivity index (χ0) is 26.0. The number of rotatable bonds is 7. The number of fused-ring (bicyclic) bond motifs is 1. The van der Waals surface area contributed by atoms with E-state index in [4.69, 9.17) is 22.4 Å². The van der Waals surface area contributed by atoms with Gasteiger partial charge in [-0.2, -0.15) is 14.8 Å². The third-order valence-corrected chi connectivity index (χ3v) is 6.03. The lowest BCUT2D eigenvalue weighted by Crippen LogP contribution is -2.54. The number of carbonyl (C=O) groups is 2. The number of imidazole rings is 1. The van der Waals surface area contributed by atoms with Crippen LogP contribution in [0.1, 0.15) is 29.4 Å². The largest absolute Gasteiger partial charge is 0.465 e. The van der Waals surface area contributed by atoms with Gasteiger partial charge in [-0.25, -0.2) is 9.78 Å². The van der Waals surface area contributed by atoms with Gasteiger partial charge >= 0.3 is 6.09 Å². The molecule has 3 heterocycles. The fraction of sp³-hybridized carbons (Fsp3) is 0.333. The minimum absolute atomic E-state index is 0.0694. The second-order valence-electron chi connectivity index (χ2n) is 8.01. The Balaban J connectivity index is 1.72. The van der Waals surface area contributed by atoms with E-state index < -0.39 is 24.1 Å². The Morgan fingerprint density at radius 1 is 1.39 bits per heavy atom. The van der Waals surface area contributed by atoms with Crippen LogP contribution in [0, 0.1) is 11.3 Å². The summed E-state index contributed by atoms with van der Waals surface area (Å²) in [4.78, 5) is 33.4. The van der Waals surface area contributed by atoms with Gasteiger partial charge in [-0.3, -0.25) is 4.79 Å². The van der Waals surface area contributed by atoms with E-state index in [-0.39, 0.29) is 34.5 Å². The standard InChI is InChI=1S/C21H23ClN10O4/c1-2-25-18-19-26-8-11(7-23)32(19)30-20(29-18)27-13-5-10(17(24)34)6-14(16(13)22)31-4-3-12(15(33)9-31)28-21(35)36/h5-6,8,12,15,28,33H,2-4,9H2,1H3,(H2,24,34)(H,35,36)(H2,25,27,29,30)/t12-,15+/m1/s1. The van der Waals surface area contributed by atoms with Gasteiger partial charge in [0.25, 0.3) is 0 Å². The van der Waals surface area contributed by atoms with Gasteiger partial charge in [0.2, 0.25) is 11.9 Å². The number of aliphatic hydroxyl groups excluding tert-OH is 1. The number of amides is 2. The predicted octanol–water partition coefficient (Wildman–Crippen LogP) is 1.13. The number of carboxylic acid groups (broad SMARTS) is 1. The molecule has 1 saturated heterocycles. The molecule has 7 N–H and O–H groups in total. The molecule has 188 valence electrons. The van der Waals surface area contributed by atoms with E-state index in [1.807, 2.05) is 13.0 Å². The lowest BCUT2D eigenvalue weighted by atomic mass is 10.0. The maximum absolute atomic E-state index is 12.1. The fourth-order valence-electron chi connectivity index (χ4n) is 3.97. The zero-order valence-electron chi connectivity index (χ0n) is 19.1. The van der Waals surface area contributed by atoms with Crippen LogP contribution in [0.3, 0.4) is 0 Å². The highest BCUT2D eigenvalue weighted by Crippen LogP contribution is 2.37. The Bertz CT molecular complexity index is 1370. The number of aliphatic hydroxyl groups is 1. The summed E-state index contributed by atoms with van der Waals surface area (Å²) < 4.78 is 1.33. The maximum Gasteiger partial charge on any atom is 0.404 e. The Morgan fingerprint density at radius 3 is 2.81 bits per heavy atom. The predicted molar refractivity (Wildman–Crippen MR) is 131 cm³/mol. The Morgan fingerprint density at radius 2 is 2.17 bits per heavy atom. The number of piperidine rings is 1. The van der Waals surface area contributed by atoms with Gasteiger partial charge in [-0.05, 0) is 25.5 Å². The van der Waals surface area contributed by atoms with Crippen molar-refractivity contribution in [3.63, 3.8) is 0 Å². The maximum atomic E-state index is 12.1. The van der Waals surface area contributed by atoms with Crippen molar-refractivity contribution in [3.05, 3.63) is 34.6 Å². The Hall–Kier alpha value is -4.35. The smallest absolute Gasteiger partial charge is 0.404 e. The molecule has 0 unspecified atom stereocenters. The third-order valence-electron chi connectivity index (χ3n) is 5.64. The highest BCUT2D eigenvalue weighted by Gasteiger charge is 2.31. The summed E-state index contributed by atoms with van der Waals surface area (Å²) in [5.74, 6) is -0.244. The Kier molecular flexibility index (Phi) is 6.95. The van der Waals surface area contributed by atoms with Crippen LogP contribution in [0.15, 0.2) is 18.3 Å². The van der Waals surface area contributed by atoms with E-state index in [2.05, 4.69) is 31.0 Å². The van der Waals surface area contributed by atoms with Crippen LogP contribution in [-0.2, 0) is 0 Å². The van der Waals surface area contributed by atoms with Crippen molar-refractivity contribution in [2.24, 2.45) is 5.73 Å². The van der Waals surface area contributed by atoms with Crippen molar-refractivity contribution >= 4 is 52.4 Å². The summed E-state index contributed by atoms with van der Waals surface area (Å²) in [6.07, 6.45) is -0.532. The number of β-amino-alcohol motifs (C(OH)–C–C–N with tert-alkyl or cyclic N) is 1. The van der Waals surface area contributed by atoms with E-state index >= 15 is 0 Å². The first-order chi connectivity index (χ1) is 17.2. The fourth-order valence-corrected chi connectivity index (χ4v) is 4.24. The first kappa shape index (κ1) is 24.8. The second kappa shape index (κ2) is 10.1. The normalized spacial score (nSPS) is 17.4. The topological polar surface area (TPSA) is 207 Å². The summed E-state index contributed by atoms with van der Waals surface area (Å²) in [5, 5.41) is 41.7. The molecule has 3 aromatic rings. The van der Waals surface area contributed by atoms with Crippen LogP contribution in [0.25, 0.3) is 5.65 Å². The lowest BCUT2D eigenvalue weighted by molar-refractivity contribution is 0.1000. The molecule has 0 aliphatic carbocycles. The summed E-state index contributed by atoms with van der Waals surface area (Å²) in [7, 11) is 0. The van der Waals surface area contributed by atoms with Gasteiger partial charge in [0.15, 0.2) is 17.2 Å². The van der Waals surface area contributed by atoms with Gasteiger partial charge in [0, 0.05) is 25.2 Å². The van der Waals surface area contributed by atoms with E-state index in [0.29, 0.717) is 36.7 Å². The number of hydrogen-bond donors (Lipinski definition) is 6. The molecule has 0 saturated carbocycles. The number of aromatic nitrogens is 4. The third kappa shape index (κ3) is 4.88. The van der Waals surface area contributed by atoms with Crippen molar-refractivity contribution in [2.45, 2.75) is 25.5 Å². The number of nitrogens with zero attached hydrogens (tertiary/aromatic N) is 6. The van der Waals surface area contributed by atoms with Crippen LogP contribution in [0.2, 0.25) is 5.02 Å². The van der Waals surface area contributed by atoms with Gasteiger partial charge in [-0.1, -0.05) is 11.6 Å². The first-order valence-corrected chi connectivity index (χ1v) is 11.3. The van der Waals surface area contributed by atoms with E-state index in [1.54, 1.807) is 4.90 Å². The highest BCUT2D eigenvalue weighted by molar-refractivity contribution is 6.36. The van der Waals surface area contributed by atoms with Crippen LogP contribution >= 0.6 is 11.6 Å². The number of halogens is 1. The molecule has 1 aliphatic heterocycles. The van der Waals surface area contributed by atoms with E-state index in [9.17, 15) is 20.0 Å². The number of hydrogen-bond acceptors (Lipinski definition) is 10. The highest BCUT2D eigenvalue weighted by atomic mass is 35.5. The van der Waals surface area contributed by atoms with Crippen LogP contribution in [0.5, 0.6) is 0 Å². The van der Waals surface area contributed by atoms with Crippen LogP contribution in [0.4, 0.5) is 27.9 Å². The van der Waals surface area contributed by atoms with Crippen molar-refractivity contribution < 1.29 is 19.8 Å². The molecule has 1 aliphatic rings. The van der Waals surface area contributed by atoms with Gasteiger partial charge in [-0.15, -0.1) is 5.10 Å². The van der Waals surface area contributed by atoms with Crippen LogP contribution < -0.4 is 26.6 Å². The molecule has 14 nitrogen and oxygen atoms in total. The lowest BCUT2D eigenvalue weighted by Gasteiger charge is -2.37. The average molecular weight is 515 g/mol. The number of benzene rings is 1. The van der Waals surface area contributed by atoms with Crippen molar-refractivity contribution in [1.29, 1.82) is 5.26 Å². The molecule has 1 aromatic carbocycles. The molecular formula is C21H23ClN10O4. The summed E-state index contributed by atoms with van der Waals surface area (Å²) >= 11 is 6.70. The number of nitrogens with one attached hydrogen (secondary N) is 3. The molecule has 15 heteroatoms. The van der Waals surface area contributed by atoms with E-state index in [1.165, 1.54) is 22.8 Å². The molecule has 0 bridgehead atoms. The second-order valence-corrected chi connectivity index (χ2v) is 8.39. The van der Waals surface area contributed by atoms with Gasteiger partial charge in [0.1, 0.15) is 6.07 Å². The summed E-state index contributed by atoms with van der Waals surface area (Å²) in [5.41, 5.74) is 6.93. The van der Waals surface area contributed by atoms with Gasteiger partial charge < -0.3 is 36.8 Å². The molecule has 4 rings (SSSR count). The number of anilines is 4. The van der Waals surface area contributed by atoms with Crippen molar-refractivity contribution in [1.82, 2.24) is 24.9 Å². The monoisotopic (exact) mass is 514 g/mol. The number of nitrogens with two attached hydrogens (primary N) is 1. The summed E-state index contributed by atoms with van der Waals surface area (Å²) in [6, 6.07) is 4.33. The average Bonchev–Trinajstić information content (AvgIpc) is 3.25. The molecule has 0 spiro atoms. The molecule has 36 heavy (non-hydrogen) atoms. The molecular weight excluding hydrogens is 492 g/mol. The van der Waals surface area contributed by atoms with E-state index in [0.717, 1.165) is 0 Å². The minimum atomic E-state index is -1.22. The van der Waals surface area contributed by atoms with Crippen molar-refractivity contribution in [3.8, 4) is 6.07 Å². The molecule has 2 aromatic heterocycles. The Labute approximate surface area is 209 Å². The SMILES string of the molecule is CCNc1nc(Nc2cc(C(N)=O)cc(N3CC[C@@H](NC(=O)O)[C@@H](O)C3)c2Cl)nn2c(C#N)cnc12.